The molecule has 4 N–H and O–H groups in total. The molecule has 1 saturated heterocycles. The summed E-state index contributed by atoms with van der Waals surface area (Å²) in [5, 5.41) is 40.1. The van der Waals surface area contributed by atoms with Gasteiger partial charge in [0.25, 0.3) is 0 Å². The van der Waals surface area contributed by atoms with Crippen LogP contribution in [0.2, 0.25) is 0 Å². The van der Waals surface area contributed by atoms with Crippen LogP contribution in [-0.2, 0) is 52.5 Å². The molecule has 328 valence electrons. The van der Waals surface area contributed by atoms with Gasteiger partial charge in [-0.2, -0.15) is 0 Å². The Morgan fingerprint density at radius 2 is 1.65 bits per heavy atom. The van der Waals surface area contributed by atoms with Crippen molar-refractivity contribution in [1.29, 1.82) is 0 Å². The lowest BCUT2D eigenvalue weighted by Crippen LogP contribution is -2.82. The van der Waals surface area contributed by atoms with Gasteiger partial charge in [0.15, 0.2) is 11.4 Å². The van der Waals surface area contributed by atoms with Gasteiger partial charge in [-0.3, -0.25) is 24.0 Å². The summed E-state index contributed by atoms with van der Waals surface area (Å²) in [6, 6.07) is 7.54. The molecule has 1 aromatic rings. The predicted octanol–water partition coefficient (Wildman–Crippen LogP) is 3.82. The number of aliphatic hydroxyl groups is 3. The molecule has 4 aliphatic rings. The number of allylic oxidation sites excluding steroid dienone is 2. The molecule has 2 saturated carbocycles. The van der Waals surface area contributed by atoms with Crippen LogP contribution in [0.5, 0.6) is 0 Å². The molecule has 11 atom stereocenters. The van der Waals surface area contributed by atoms with E-state index >= 15 is 4.79 Å². The molecular weight excluding hydrogens is 778 g/mol. The van der Waals surface area contributed by atoms with E-state index < -0.39 is 119 Å². The van der Waals surface area contributed by atoms with Crippen LogP contribution in [0.3, 0.4) is 0 Å². The Morgan fingerprint density at radius 3 is 2.20 bits per heavy atom. The summed E-state index contributed by atoms with van der Waals surface area (Å²) in [7, 11) is 0. The molecular formula is C45H59NO14. The van der Waals surface area contributed by atoms with Crippen LogP contribution in [0.15, 0.2) is 64.8 Å². The summed E-state index contributed by atoms with van der Waals surface area (Å²) >= 11 is 0. The van der Waals surface area contributed by atoms with Gasteiger partial charge in [-0.15, -0.1) is 0 Å². The Balaban J connectivity index is 1.66. The van der Waals surface area contributed by atoms with Crippen LogP contribution in [0.25, 0.3) is 0 Å². The molecule has 1 aromatic carbocycles. The van der Waals surface area contributed by atoms with Crippen LogP contribution in [0.1, 0.15) is 107 Å². The third-order valence-corrected chi connectivity index (χ3v) is 13.1. The molecule has 15 heteroatoms. The zero-order valence-corrected chi connectivity index (χ0v) is 36.0. The molecule has 0 spiro atoms. The second-order valence-electron chi connectivity index (χ2n) is 17.5. The van der Waals surface area contributed by atoms with Crippen LogP contribution in [0, 0.1) is 16.7 Å². The zero-order valence-electron chi connectivity index (χ0n) is 36.0. The van der Waals surface area contributed by atoms with E-state index in [0.717, 1.165) is 6.92 Å². The van der Waals surface area contributed by atoms with E-state index in [2.05, 4.69) is 5.32 Å². The number of amides is 1. The summed E-state index contributed by atoms with van der Waals surface area (Å²) in [4.78, 5) is 81.9. The van der Waals surface area contributed by atoms with Gasteiger partial charge in [-0.25, -0.2) is 4.79 Å². The summed E-state index contributed by atoms with van der Waals surface area (Å²) in [6.45, 7) is 15.2. The molecule has 3 fully saturated rings. The zero-order chi connectivity index (χ0) is 44.7. The monoisotopic (exact) mass is 837 g/mol. The first-order valence-electron chi connectivity index (χ1n) is 20.4. The number of nitrogens with one attached hydrogen (secondary N) is 1. The van der Waals surface area contributed by atoms with Gasteiger partial charge in [-0.05, 0) is 58.3 Å². The highest BCUT2D eigenvalue weighted by molar-refractivity contribution is 5.94. The molecule has 60 heavy (non-hydrogen) atoms. The largest absolute Gasteiger partial charge is 0.461 e. The van der Waals surface area contributed by atoms with Gasteiger partial charge in [0.05, 0.1) is 36.5 Å². The number of Topliss-reactive ketones (excluding diaryl/α,β-unsaturated/α-hetero) is 1. The molecule has 0 aromatic heterocycles. The van der Waals surface area contributed by atoms with Crippen molar-refractivity contribution in [3.63, 3.8) is 0 Å². The highest BCUT2D eigenvalue weighted by Crippen LogP contribution is 2.64. The van der Waals surface area contributed by atoms with Crippen molar-refractivity contribution in [3.8, 4) is 0 Å². The molecule has 3 aliphatic carbocycles. The quantitative estimate of drug-likeness (QED) is 0.102. The fourth-order valence-corrected chi connectivity index (χ4v) is 9.75. The highest BCUT2D eigenvalue weighted by Gasteiger charge is 2.78. The fraction of sp³-hybridized carbons (Fsp3) is 0.600. The number of fused-ring (bicyclic) bond motifs is 5. The lowest BCUT2D eigenvalue weighted by molar-refractivity contribution is -0.347. The Morgan fingerprint density at radius 1 is 1.00 bits per heavy atom. The fourth-order valence-electron chi connectivity index (χ4n) is 9.75. The predicted molar refractivity (Wildman–Crippen MR) is 214 cm³/mol. The molecule has 1 aliphatic heterocycles. The van der Waals surface area contributed by atoms with E-state index in [1.807, 2.05) is 0 Å². The van der Waals surface area contributed by atoms with Crippen molar-refractivity contribution in [1.82, 2.24) is 5.32 Å². The van der Waals surface area contributed by atoms with E-state index in [0.29, 0.717) is 16.7 Å². The van der Waals surface area contributed by atoms with Crippen molar-refractivity contribution in [2.24, 2.45) is 16.7 Å². The average Bonchev–Trinajstić information content (AvgIpc) is 3.17. The third-order valence-electron chi connectivity index (χ3n) is 13.1. The maximum absolute atomic E-state index is 15.3. The summed E-state index contributed by atoms with van der Waals surface area (Å²) in [6.07, 6.45) is -7.38. The summed E-state index contributed by atoms with van der Waals surface area (Å²) in [5.41, 5.74) is -5.96. The topological polar surface area (TPSA) is 221 Å². The minimum absolute atomic E-state index is 0.0205. The molecule has 1 heterocycles. The second kappa shape index (κ2) is 17.3. The maximum Gasteiger partial charge on any atom is 0.331 e. The first kappa shape index (κ1) is 46.4. The van der Waals surface area contributed by atoms with Crippen LogP contribution in [-0.4, -0.2) is 105 Å². The third kappa shape index (κ3) is 8.08. The van der Waals surface area contributed by atoms with Crippen molar-refractivity contribution in [2.45, 2.75) is 149 Å². The Labute approximate surface area is 350 Å². The Bertz CT molecular complexity index is 1980. The van der Waals surface area contributed by atoms with Gasteiger partial charge >= 0.3 is 23.9 Å². The minimum atomic E-state index is -2.31. The summed E-state index contributed by atoms with van der Waals surface area (Å²) < 4.78 is 30.2. The van der Waals surface area contributed by atoms with Crippen molar-refractivity contribution in [2.75, 3.05) is 6.61 Å². The molecule has 0 radical (unpaired) electrons. The Kier molecular flexibility index (Phi) is 13.4. The van der Waals surface area contributed by atoms with E-state index in [9.17, 15) is 39.3 Å². The number of ether oxygens (including phenoxy) is 5. The number of ketones is 1. The van der Waals surface area contributed by atoms with Gasteiger partial charge in [0, 0.05) is 43.3 Å². The van der Waals surface area contributed by atoms with Crippen LogP contribution >= 0.6 is 0 Å². The lowest BCUT2D eigenvalue weighted by atomic mass is 9.44. The van der Waals surface area contributed by atoms with Gasteiger partial charge in [-0.1, -0.05) is 62.8 Å². The lowest BCUT2D eigenvalue weighted by Gasteiger charge is -2.67. The number of aliphatic hydroxyl groups excluding tert-OH is 2. The van der Waals surface area contributed by atoms with E-state index in [1.165, 1.54) is 13.0 Å². The highest BCUT2D eigenvalue weighted by atomic mass is 16.6. The second-order valence-corrected chi connectivity index (χ2v) is 17.5. The standard InChI is InChI=1S/C45H59NO14/c1-11-24(5)41(54)46-36(27-16-14-13-15-17-27)28(48)19-34(51)57-29-21-45(55)40(59-33(50)18-23(3)4)38-43(10,39(53)37(52)35(25(29)6)42(45,8)9)30(58-32(49)12-2)20-31-44(38,22-56-31)60-26(7)47/h11,13-18,28-31,36-38,40,48,52,55H,12,19-22H2,1-10H3,(H,46,54)/b24-11+/t28-,29-,30-,31+,36-,37+,38?,40-,43+,44-,45+/m0/s1. The minimum Gasteiger partial charge on any atom is -0.461 e. The number of hydrogen-bond acceptors (Lipinski definition) is 14. The number of benzene rings is 1. The van der Waals surface area contributed by atoms with Crippen LogP contribution < -0.4 is 5.32 Å². The van der Waals surface area contributed by atoms with Crippen molar-refractivity contribution in [3.05, 3.63) is 70.3 Å². The van der Waals surface area contributed by atoms with Crippen molar-refractivity contribution >= 4 is 35.6 Å². The normalized spacial score (nSPS) is 32.9. The number of carbonyl (C=O) groups excluding carboxylic acids is 6. The van der Waals surface area contributed by atoms with Gasteiger partial charge in [0.2, 0.25) is 5.91 Å². The number of rotatable bonds is 12. The van der Waals surface area contributed by atoms with E-state index in [-0.39, 0.29) is 30.6 Å². The number of esters is 4. The molecule has 15 nitrogen and oxygen atoms in total. The smallest absolute Gasteiger partial charge is 0.331 e. The van der Waals surface area contributed by atoms with Gasteiger partial charge < -0.3 is 44.3 Å². The maximum atomic E-state index is 15.3. The number of hydrogen-bond donors (Lipinski definition) is 4. The molecule has 2 bridgehead atoms. The van der Waals surface area contributed by atoms with Crippen molar-refractivity contribution < 1.29 is 67.8 Å². The number of carbonyl (C=O) groups is 6. The molecule has 1 amide bonds. The first-order valence-corrected chi connectivity index (χ1v) is 20.4. The average molecular weight is 838 g/mol. The molecule has 1 unspecified atom stereocenters. The Hall–Kier alpha value is -4.70. The van der Waals surface area contributed by atoms with Gasteiger partial charge in [0.1, 0.15) is 36.1 Å². The molecule has 5 rings (SSSR count). The first-order chi connectivity index (χ1) is 28.0. The van der Waals surface area contributed by atoms with Crippen LogP contribution in [0.4, 0.5) is 0 Å². The SMILES string of the molecule is C/C=C(\C)C(=O)N[C@@H](c1ccccc1)[C@@H](O)CC(=O)O[C@H]1C[C@@]2(O)[C@@H](OC(=O)C=C(C)C)C3[C@](C)(C(=O)[C@H](O)C(=C1C)C2(C)C)[C@@H](OC(=O)CC)C[C@H]1OC[C@@]31OC(C)=O. The summed E-state index contributed by atoms with van der Waals surface area (Å²) in [5.74, 6) is -6.11. The van der Waals surface area contributed by atoms with E-state index in [1.54, 1.807) is 91.8 Å². The van der Waals surface area contributed by atoms with E-state index in [4.69, 9.17) is 23.7 Å².